The van der Waals surface area contributed by atoms with Crippen LogP contribution >= 0.6 is 0 Å². The van der Waals surface area contributed by atoms with Crippen molar-refractivity contribution < 1.29 is 19.4 Å². The third-order valence-corrected chi connectivity index (χ3v) is 3.82. The highest BCUT2D eigenvalue weighted by Gasteiger charge is 2.30. The van der Waals surface area contributed by atoms with Gasteiger partial charge in [-0.05, 0) is 52.8 Å². The first-order valence-corrected chi connectivity index (χ1v) is 7.84. The SMILES string of the molecule is Cc1ccc2c(c1)cc(C(=O)O)n2[C@H](C)[C@@H](N)C(=O)OC(C)(C)C. The summed E-state index contributed by atoms with van der Waals surface area (Å²) in [5, 5.41) is 10.3. The second-order valence-electron chi connectivity index (χ2n) is 7.07. The molecule has 1 aromatic carbocycles. The van der Waals surface area contributed by atoms with Crippen molar-refractivity contribution in [2.24, 2.45) is 5.73 Å². The molecule has 0 fully saturated rings. The van der Waals surface area contributed by atoms with Crippen molar-refractivity contribution in [3.63, 3.8) is 0 Å². The standard InChI is InChI=1S/C18H24N2O4/c1-10-6-7-13-12(8-10)9-14(16(21)22)20(13)11(2)15(19)17(23)24-18(3,4)5/h6-9,11,15H,19H2,1-5H3,(H,21,22)/t11-,15-/m1/s1. The smallest absolute Gasteiger partial charge is 0.352 e. The number of carbonyl (C=O) groups excluding carboxylic acids is 1. The number of hydrogen-bond acceptors (Lipinski definition) is 4. The average Bonchev–Trinajstić information content (AvgIpc) is 2.82. The fourth-order valence-electron chi connectivity index (χ4n) is 2.69. The van der Waals surface area contributed by atoms with Crippen LogP contribution in [0.25, 0.3) is 10.9 Å². The first-order chi connectivity index (χ1) is 11.0. The fourth-order valence-corrected chi connectivity index (χ4v) is 2.69. The molecule has 2 aromatic rings. The topological polar surface area (TPSA) is 94.5 Å². The molecule has 130 valence electrons. The van der Waals surface area contributed by atoms with Gasteiger partial charge in [-0.2, -0.15) is 0 Å². The van der Waals surface area contributed by atoms with E-state index in [1.165, 1.54) is 0 Å². The van der Waals surface area contributed by atoms with Gasteiger partial charge in [0.15, 0.2) is 0 Å². The Morgan fingerprint density at radius 3 is 2.42 bits per heavy atom. The molecule has 2 rings (SSSR count). The number of esters is 1. The maximum Gasteiger partial charge on any atom is 0.352 e. The van der Waals surface area contributed by atoms with E-state index in [0.29, 0.717) is 0 Å². The zero-order chi connectivity index (χ0) is 18.2. The zero-order valence-corrected chi connectivity index (χ0v) is 14.7. The van der Waals surface area contributed by atoms with Gasteiger partial charge in [0.25, 0.3) is 0 Å². The first kappa shape index (κ1) is 18.0. The Bertz CT molecular complexity index is 786. The van der Waals surface area contributed by atoms with Crippen molar-refractivity contribution in [2.75, 3.05) is 0 Å². The van der Waals surface area contributed by atoms with Gasteiger partial charge in [0, 0.05) is 10.9 Å². The Labute approximate surface area is 141 Å². The molecule has 0 aliphatic carbocycles. The summed E-state index contributed by atoms with van der Waals surface area (Å²) >= 11 is 0. The molecule has 3 N–H and O–H groups in total. The lowest BCUT2D eigenvalue weighted by molar-refractivity contribution is -0.157. The highest BCUT2D eigenvalue weighted by molar-refractivity contribution is 5.95. The monoisotopic (exact) mass is 332 g/mol. The number of nitrogens with zero attached hydrogens (tertiary/aromatic N) is 1. The molecule has 0 saturated heterocycles. The number of hydrogen-bond donors (Lipinski definition) is 2. The Balaban J connectivity index is 2.48. The third-order valence-electron chi connectivity index (χ3n) is 3.82. The van der Waals surface area contributed by atoms with E-state index < -0.39 is 29.6 Å². The molecule has 1 heterocycles. The number of aromatic nitrogens is 1. The number of carboxylic acid groups (broad SMARTS) is 1. The van der Waals surface area contributed by atoms with Gasteiger partial charge in [0.1, 0.15) is 17.3 Å². The fraction of sp³-hybridized carbons (Fsp3) is 0.444. The first-order valence-electron chi connectivity index (χ1n) is 7.84. The Morgan fingerprint density at radius 2 is 1.88 bits per heavy atom. The van der Waals surface area contributed by atoms with Crippen LogP contribution in [0, 0.1) is 6.92 Å². The molecule has 0 saturated carbocycles. The van der Waals surface area contributed by atoms with E-state index in [-0.39, 0.29) is 5.69 Å². The number of nitrogens with two attached hydrogens (primary N) is 1. The van der Waals surface area contributed by atoms with Crippen molar-refractivity contribution in [3.05, 3.63) is 35.5 Å². The summed E-state index contributed by atoms with van der Waals surface area (Å²) in [6, 6.07) is 5.71. The summed E-state index contributed by atoms with van der Waals surface area (Å²) in [5.74, 6) is -1.62. The molecule has 6 heteroatoms. The summed E-state index contributed by atoms with van der Waals surface area (Å²) in [6.45, 7) is 8.95. The third kappa shape index (κ3) is 3.59. The highest BCUT2D eigenvalue weighted by atomic mass is 16.6. The molecule has 2 atom stereocenters. The summed E-state index contributed by atoms with van der Waals surface area (Å²) in [4.78, 5) is 23.9. The van der Waals surface area contributed by atoms with Gasteiger partial charge in [-0.1, -0.05) is 11.6 Å². The minimum Gasteiger partial charge on any atom is -0.477 e. The van der Waals surface area contributed by atoms with E-state index in [4.69, 9.17) is 10.5 Å². The zero-order valence-electron chi connectivity index (χ0n) is 14.7. The molecule has 1 aromatic heterocycles. The number of fused-ring (bicyclic) bond motifs is 1. The van der Waals surface area contributed by atoms with Crippen molar-refractivity contribution in [1.82, 2.24) is 4.57 Å². The predicted molar refractivity (Wildman–Crippen MR) is 92.2 cm³/mol. The molecule has 0 amide bonds. The van der Waals surface area contributed by atoms with E-state index in [2.05, 4.69) is 0 Å². The van der Waals surface area contributed by atoms with Gasteiger partial charge in [0.05, 0.1) is 6.04 Å². The number of aromatic carboxylic acids is 1. The van der Waals surface area contributed by atoms with E-state index in [9.17, 15) is 14.7 Å². The average molecular weight is 332 g/mol. The molecule has 0 aliphatic rings. The van der Waals surface area contributed by atoms with E-state index in [0.717, 1.165) is 16.5 Å². The lowest BCUT2D eigenvalue weighted by Gasteiger charge is -2.27. The van der Waals surface area contributed by atoms with Crippen molar-refractivity contribution >= 4 is 22.8 Å². The van der Waals surface area contributed by atoms with Crippen molar-refractivity contribution in [2.45, 2.75) is 52.3 Å². The van der Waals surface area contributed by atoms with Crippen LogP contribution in [0.3, 0.4) is 0 Å². The lowest BCUT2D eigenvalue weighted by atomic mass is 10.1. The quantitative estimate of drug-likeness (QED) is 0.840. The molecule has 6 nitrogen and oxygen atoms in total. The van der Waals surface area contributed by atoms with Crippen LogP contribution in [0.2, 0.25) is 0 Å². The van der Waals surface area contributed by atoms with Crippen molar-refractivity contribution in [1.29, 1.82) is 0 Å². The number of rotatable bonds is 4. The van der Waals surface area contributed by atoms with E-state index in [1.54, 1.807) is 38.3 Å². The molecular formula is C18H24N2O4. The molecule has 0 radical (unpaired) electrons. The van der Waals surface area contributed by atoms with Crippen LogP contribution in [0.1, 0.15) is 49.8 Å². The minimum absolute atomic E-state index is 0.0992. The van der Waals surface area contributed by atoms with Crippen LogP contribution in [-0.4, -0.2) is 33.3 Å². The van der Waals surface area contributed by atoms with Gasteiger partial charge in [-0.15, -0.1) is 0 Å². The molecule has 0 bridgehead atoms. The summed E-state index contributed by atoms with van der Waals surface area (Å²) in [6.07, 6.45) is 0. The van der Waals surface area contributed by atoms with Gasteiger partial charge in [0.2, 0.25) is 0 Å². The normalized spacial score (nSPS) is 14.4. The maximum atomic E-state index is 12.3. The van der Waals surface area contributed by atoms with Crippen LogP contribution in [-0.2, 0) is 9.53 Å². The van der Waals surface area contributed by atoms with Gasteiger partial charge < -0.3 is 20.1 Å². The minimum atomic E-state index is -1.06. The van der Waals surface area contributed by atoms with E-state index in [1.807, 2.05) is 25.1 Å². The van der Waals surface area contributed by atoms with Crippen LogP contribution < -0.4 is 5.73 Å². The largest absolute Gasteiger partial charge is 0.477 e. The van der Waals surface area contributed by atoms with E-state index >= 15 is 0 Å². The summed E-state index contributed by atoms with van der Waals surface area (Å²) < 4.78 is 6.91. The van der Waals surface area contributed by atoms with Gasteiger partial charge in [-0.25, -0.2) is 4.79 Å². The second kappa shape index (κ2) is 6.28. The molecule has 0 aliphatic heterocycles. The number of ether oxygens (including phenoxy) is 1. The number of carboxylic acids is 1. The lowest BCUT2D eigenvalue weighted by Crippen LogP contribution is -2.43. The second-order valence-corrected chi connectivity index (χ2v) is 7.07. The Hall–Kier alpha value is -2.34. The number of carbonyl (C=O) groups is 2. The van der Waals surface area contributed by atoms with Crippen LogP contribution in [0.15, 0.2) is 24.3 Å². The highest BCUT2D eigenvalue weighted by Crippen LogP contribution is 2.27. The summed E-state index contributed by atoms with van der Waals surface area (Å²) in [5.41, 5.74) is 7.26. The van der Waals surface area contributed by atoms with Crippen LogP contribution in [0.5, 0.6) is 0 Å². The Morgan fingerprint density at radius 1 is 1.25 bits per heavy atom. The molecule has 24 heavy (non-hydrogen) atoms. The van der Waals surface area contributed by atoms with Crippen LogP contribution in [0.4, 0.5) is 0 Å². The van der Waals surface area contributed by atoms with Crippen molar-refractivity contribution in [3.8, 4) is 0 Å². The van der Waals surface area contributed by atoms with Gasteiger partial charge in [-0.3, -0.25) is 4.79 Å². The van der Waals surface area contributed by atoms with Gasteiger partial charge >= 0.3 is 11.9 Å². The number of benzene rings is 1. The number of aryl methyl sites for hydroxylation is 1. The Kier molecular flexibility index (Phi) is 4.71. The molecular weight excluding hydrogens is 308 g/mol. The molecule has 0 unspecified atom stereocenters. The molecule has 0 spiro atoms. The summed E-state index contributed by atoms with van der Waals surface area (Å²) in [7, 11) is 0. The maximum absolute atomic E-state index is 12.3. The predicted octanol–water partition coefficient (Wildman–Crippen LogP) is 2.88.